The molecule has 0 saturated carbocycles. The lowest BCUT2D eigenvalue weighted by atomic mass is 10.2. The number of hydrogen-bond acceptors (Lipinski definition) is 4. The molecule has 0 aliphatic rings. The van der Waals surface area contributed by atoms with Crippen LogP contribution in [0.4, 0.5) is 8.78 Å². The zero-order chi connectivity index (χ0) is 8.91. The van der Waals surface area contributed by atoms with Crippen molar-refractivity contribution in [2.75, 3.05) is 6.54 Å². The first-order chi connectivity index (χ1) is 5.02. The van der Waals surface area contributed by atoms with Gasteiger partial charge in [-0.05, 0) is 0 Å². The van der Waals surface area contributed by atoms with Crippen LogP contribution in [0, 0.1) is 0 Å². The van der Waals surface area contributed by atoms with Crippen molar-refractivity contribution in [2.24, 2.45) is 5.73 Å². The molecule has 11 heavy (non-hydrogen) atoms. The zero-order valence-electron chi connectivity index (χ0n) is 5.54. The third kappa shape index (κ3) is 5.15. The van der Waals surface area contributed by atoms with E-state index in [1.165, 1.54) is 0 Å². The second kappa shape index (κ2) is 4.66. The predicted octanol–water partition coefficient (Wildman–Crippen LogP) is 0.512. The van der Waals surface area contributed by atoms with Crippen LogP contribution in [0.15, 0.2) is 0 Å². The number of hydrogen-bond donors (Lipinski definition) is 2. The molecular weight excluding hydrogens is 179 g/mol. The van der Waals surface area contributed by atoms with E-state index < -0.39 is 27.3 Å². The Hall–Kier alpha value is -0.160. The minimum atomic E-state index is -3.58. The molecule has 0 aromatic heterocycles. The molecule has 0 amide bonds. The van der Waals surface area contributed by atoms with Crippen molar-refractivity contribution in [3.05, 3.63) is 0 Å². The minimum absolute atomic E-state index is 0.283. The Balaban J connectivity index is 3.79. The molecule has 7 heteroatoms. The molecule has 1 unspecified atom stereocenters. The van der Waals surface area contributed by atoms with Crippen LogP contribution in [-0.2, 0) is 9.09 Å². The second-order valence-corrected chi connectivity index (χ2v) is 2.23. The normalized spacial score (nSPS) is 15.3. The van der Waals surface area contributed by atoms with Gasteiger partial charge in [-0.25, -0.2) is 9.09 Å². The Morgan fingerprint density at radius 1 is 1.73 bits per heavy atom. The van der Waals surface area contributed by atoms with Crippen molar-refractivity contribution < 1.29 is 23.0 Å². The van der Waals surface area contributed by atoms with E-state index >= 15 is 0 Å². The van der Waals surface area contributed by atoms with Gasteiger partial charge in [0.15, 0.2) is 0 Å². The van der Waals surface area contributed by atoms with Gasteiger partial charge in [0.05, 0.1) is 12.5 Å². The maximum atomic E-state index is 12.2. The van der Waals surface area contributed by atoms with Crippen LogP contribution < -0.4 is 5.73 Å². The van der Waals surface area contributed by atoms with Crippen molar-refractivity contribution in [1.82, 2.24) is 0 Å². The average Bonchev–Trinajstić information content (AvgIpc) is 1.86. The van der Waals surface area contributed by atoms with Crippen LogP contribution in [0.3, 0.4) is 0 Å². The fraction of sp³-hybridized carbons (Fsp3) is 1.00. The first-order valence-electron chi connectivity index (χ1n) is 2.78. The van der Waals surface area contributed by atoms with Crippen LogP contribution in [0.2, 0.25) is 0 Å². The number of rotatable bonds is 5. The van der Waals surface area contributed by atoms with Gasteiger partial charge in [-0.2, -0.15) is 8.78 Å². The van der Waals surface area contributed by atoms with Gasteiger partial charge in [0, 0.05) is 6.54 Å². The highest BCUT2D eigenvalue weighted by atomic mass is 31.1. The first-order valence-corrected chi connectivity index (χ1v) is 3.51. The quantitative estimate of drug-likeness (QED) is 0.615. The number of alkyl halides is 2. The summed E-state index contributed by atoms with van der Waals surface area (Å²) in [4.78, 5) is 0. The first kappa shape index (κ1) is 10.8. The predicted molar refractivity (Wildman–Crippen MR) is 33.3 cm³/mol. The molecular formula is C4H8F2NO3P. The van der Waals surface area contributed by atoms with Crippen LogP contribution in [-0.4, -0.2) is 23.9 Å². The largest absolute Gasteiger partial charge is 0.391 e. The standard InChI is InChI=1S/C4H8F2NO3P/c5-4(6,10-11-9)1-3(8)2-7/h3,8H,1-2,7H2. The summed E-state index contributed by atoms with van der Waals surface area (Å²) < 4.78 is 37.5. The van der Waals surface area contributed by atoms with Gasteiger partial charge in [-0.3, -0.25) is 0 Å². The van der Waals surface area contributed by atoms with Crippen LogP contribution in [0.1, 0.15) is 6.42 Å². The number of aliphatic hydroxyl groups excluding tert-OH is 1. The molecule has 0 aliphatic carbocycles. The van der Waals surface area contributed by atoms with E-state index in [9.17, 15) is 13.3 Å². The fourth-order valence-electron chi connectivity index (χ4n) is 0.449. The molecule has 0 aromatic rings. The summed E-state index contributed by atoms with van der Waals surface area (Å²) >= 11 is 0. The highest BCUT2D eigenvalue weighted by Crippen LogP contribution is 2.25. The molecule has 1 atom stereocenters. The summed E-state index contributed by atoms with van der Waals surface area (Å²) in [6.07, 6.45) is -5.87. The molecule has 66 valence electrons. The van der Waals surface area contributed by atoms with Gasteiger partial charge in [0.2, 0.25) is 0 Å². The monoisotopic (exact) mass is 187 g/mol. The van der Waals surface area contributed by atoms with E-state index in [0.717, 1.165) is 0 Å². The van der Waals surface area contributed by atoms with E-state index in [2.05, 4.69) is 4.52 Å². The Bertz CT molecular complexity index is 135. The zero-order valence-corrected chi connectivity index (χ0v) is 6.43. The van der Waals surface area contributed by atoms with Crippen molar-refractivity contribution in [1.29, 1.82) is 0 Å². The number of halogens is 2. The number of aliphatic hydroxyl groups is 1. The third-order valence-electron chi connectivity index (χ3n) is 0.916. The van der Waals surface area contributed by atoms with Crippen LogP contribution in [0.5, 0.6) is 0 Å². The Kier molecular flexibility index (Phi) is 4.60. The average molecular weight is 187 g/mol. The minimum Gasteiger partial charge on any atom is -0.391 e. The van der Waals surface area contributed by atoms with Crippen molar-refractivity contribution in [3.63, 3.8) is 0 Å². The highest BCUT2D eigenvalue weighted by Gasteiger charge is 2.33. The van der Waals surface area contributed by atoms with E-state index in [1.807, 2.05) is 0 Å². The lowest BCUT2D eigenvalue weighted by Crippen LogP contribution is -2.29. The third-order valence-corrected chi connectivity index (χ3v) is 1.26. The summed E-state index contributed by atoms with van der Waals surface area (Å²) in [5.41, 5.74) is 4.86. The molecule has 0 saturated heterocycles. The molecule has 0 radical (unpaired) electrons. The van der Waals surface area contributed by atoms with Crippen LogP contribution >= 0.6 is 8.69 Å². The van der Waals surface area contributed by atoms with Gasteiger partial charge >= 0.3 is 14.8 Å². The van der Waals surface area contributed by atoms with E-state index in [-0.39, 0.29) is 6.54 Å². The molecule has 0 rings (SSSR count). The lowest BCUT2D eigenvalue weighted by Gasteiger charge is -2.14. The maximum absolute atomic E-state index is 12.2. The summed E-state index contributed by atoms with van der Waals surface area (Å²) in [5, 5.41) is 8.63. The van der Waals surface area contributed by atoms with Gasteiger partial charge in [0.25, 0.3) is 0 Å². The van der Waals surface area contributed by atoms with E-state index in [4.69, 9.17) is 10.8 Å². The summed E-state index contributed by atoms with van der Waals surface area (Å²) in [6.45, 7) is -0.283. The molecule has 0 bridgehead atoms. The Labute approximate surface area is 63.6 Å². The van der Waals surface area contributed by atoms with Gasteiger partial charge < -0.3 is 10.8 Å². The van der Waals surface area contributed by atoms with Gasteiger partial charge in [-0.1, -0.05) is 0 Å². The molecule has 0 fully saturated rings. The van der Waals surface area contributed by atoms with Crippen molar-refractivity contribution in [2.45, 2.75) is 18.6 Å². The molecule has 0 aromatic carbocycles. The van der Waals surface area contributed by atoms with Crippen LogP contribution in [0.25, 0.3) is 0 Å². The molecule has 3 N–H and O–H groups in total. The molecule has 0 spiro atoms. The van der Waals surface area contributed by atoms with E-state index in [0.29, 0.717) is 0 Å². The second-order valence-electron chi connectivity index (χ2n) is 1.90. The van der Waals surface area contributed by atoms with Crippen molar-refractivity contribution >= 4 is 8.69 Å². The fourth-order valence-corrected chi connectivity index (χ4v) is 0.633. The summed E-state index contributed by atoms with van der Waals surface area (Å²) in [7, 11) is -1.12. The topological polar surface area (TPSA) is 72.6 Å². The van der Waals surface area contributed by atoms with Gasteiger partial charge in [0.1, 0.15) is 0 Å². The van der Waals surface area contributed by atoms with Gasteiger partial charge in [-0.15, -0.1) is 0 Å². The summed E-state index contributed by atoms with van der Waals surface area (Å²) in [5.74, 6) is 0. The maximum Gasteiger partial charge on any atom is 0.367 e. The molecule has 0 aliphatic heterocycles. The van der Waals surface area contributed by atoms with E-state index in [1.54, 1.807) is 0 Å². The van der Waals surface area contributed by atoms with Crippen molar-refractivity contribution in [3.8, 4) is 0 Å². The summed E-state index contributed by atoms with van der Waals surface area (Å²) in [6, 6.07) is 0. The Morgan fingerprint density at radius 3 is 2.64 bits per heavy atom. The smallest absolute Gasteiger partial charge is 0.367 e. The molecule has 0 heterocycles. The lowest BCUT2D eigenvalue weighted by molar-refractivity contribution is -0.188. The SMILES string of the molecule is NCC(O)CC(F)(F)OP=O. The highest BCUT2D eigenvalue weighted by molar-refractivity contribution is 7.17. The number of nitrogens with two attached hydrogens (primary N) is 1. The molecule has 4 nitrogen and oxygen atoms in total. The Morgan fingerprint density at radius 2 is 2.27 bits per heavy atom.